The average molecular weight is 592 g/mol. The van der Waals surface area contributed by atoms with Crippen LogP contribution in [0.5, 0.6) is 0 Å². The number of amides is 1. The van der Waals surface area contributed by atoms with Gasteiger partial charge in [0.25, 0.3) is 0 Å². The van der Waals surface area contributed by atoms with Gasteiger partial charge in [0.05, 0.1) is 12.4 Å². The molecule has 208 valence electrons. The van der Waals surface area contributed by atoms with Gasteiger partial charge in [0.1, 0.15) is 0 Å². The molecule has 0 fully saturated rings. The maximum absolute atomic E-state index is 11.5. The fraction of sp³-hybridized carbons (Fsp3) is 0.481. The van der Waals surface area contributed by atoms with Gasteiger partial charge in [0.15, 0.2) is 0 Å². The number of hydrogen-bond acceptors (Lipinski definition) is 6. The van der Waals surface area contributed by atoms with E-state index in [1.165, 1.54) is 17.3 Å². The van der Waals surface area contributed by atoms with Crippen LogP contribution in [0.15, 0.2) is 48.5 Å². The van der Waals surface area contributed by atoms with E-state index in [0.717, 1.165) is 48.0 Å². The fourth-order valence-electron chi connectivity index (χ4n) is 2.97. The van der Waals surface area contributed by atoms with Crippen molar-refractivity contribution in [3.8, 4) is 0 Å². The Kier molecular flexibility index (Phi) is 22.8. The number of carboxylic acid groups (broad SMARTS) is 1. The lowest BCUT2D eigenvalue weighted by molar-refractivity contribution is -0.134. The lowest BCUT2D eigenvalue weighted by atomic mass is 10.1. The van der Waals surface area contributed by atoms with Crippen molar-refractivity contribution in [2.24, 2.45) is 0 Å². The zero-order valence-electron chi connectivity index (χ0n) is 20.4. The van der Waals surface area contributed by atoms with Gasteiger partial charge in [-0.3, -0.25) is 9.59 Å². The first-order valence-electron chi connectivity index (χ1n) is 11.9. The Bertz CT molecular complexity index is 891. The maximum Gasteiger partial charge on any atom is 0.313 e. The Balaban J connectivity index is 0.000000686. The predicted octanol–water partition coefficient (Wildman–Crippen LogP) is 5.43. The van der Waals surface area contributed by atoms with E-state index in [1.807, 2.05) is 42.5 Å². The molecule has 2 aromatic carbocycles. The third-order valence-corrected chi connectivity index (χ3v) is 7.51. The molecule has 0 unspecified atom stereocenters. The Hall–Kier alpha value is -1.42. The van der Waals surface area contributed by atoms with Gasteiger partial charge in [-0.1, -0.05) is 67.0 Å². The molecule has 0 atom stereocenters. The van der Waals surface area contributed by atoms with E-state index in [1.54, 1.807) is 11.8 Å². The van der Waals surface area contributed by atoms with Crippen molar-refractivity contribution in [2.75, 3.05) is 49.3 Å². The molecule has 0 aliphatic rings. The quantitative estimate of drug-likeness (QED) is 0.182. The predicted molar refractivity (Wildman–Crippen MR) is 162 cm³/mol. The second-order valence-electron chi connectivity index (χ2n) is 7.67. The lowest BCUT2D eigenvalue weighted by Crippen LogP contribution is -2.26. The Morgan fingerprint density at radius 3 is 1.97 bits per heavy atom. The van der Waals surface area contributed by atoms with Crippen molar-refractivity contribution >= 4 is 58.6 Å². The number of aliphatic hydroxyl groups is 1. The highest BCUT2D eigenvalue weighted by Gasteiger charge is 2.04. The molecule has 1 amide bonds. The van der Waals surface area contributed by atoms with E-state index in [9.17, 15) is 9.59 Å². The highest BCUT2D eigenvalue weighted by molar-refractivity contribution is 8.00. The van der Waals surface area contributed by atoms with Crippen LogP contribution in [0.4, 0.5) is 0 Å². The normalized spacial score (nSPS) is 10.1. The Labute approximate surface area is 240 Å². The molecule has 0 aromatic heterocycles. The van der Waals surface area contributed by atoms with Crippen molar-refractivity contribution in [2.45, 2.75) is 33.1 Å². The van der Waals surface area contributed by atoms with E-state index < -0.39 is 5.97 Å². The molecular formula is C27H40Cl2N2O4S2. The molecule has 0 bridgehead atoms. The fourth-order valence-corrected chi connectivity index (χ4v) is 4.76. The van der Waals surface area contributed by atoms with Gasteiger partial charge in [0, 0.05) is 34.5 Å². The van der Waals surface area contributed by atoms with Crippen LogP contribution >= 0.6 is 46.7 Å². The number of carbonyl (C=O) groups is 2. The average Bonchev–Trinajstić information content (AvgIpc) is 2.86. The molecule has 2 rings (SSSR count). The zero-order valence-corrected chi connectivity index (χ0v) is 23.5. The van der Waals surface area contributed by atoms with Gasteiger partial charge >= 0.3 is 5.97 Å². The summed E-state index contributed by atoms with van der Waals surface area (Å²) in [5.74, 6) is 1.59. The Morgan fingerprint density at radius 1 is 0.811 bits per heavy atom. The summed E-state index contributed by atoms with van der Waals surface area (Å²) in [6.45, 7) is 2.81. The van der Waals surface area contributed by atoms with Crippen molar-refractivity contribution in [1.82, 2.24) is 10.6 Å². The molecule has 0 radical (unpaired) electrons. The molecule has 0 saturated heterocycles. The number of carbonyl (C=O) groups excluding carboxylic acids is 1. The van der Waals surface area contributed by atoms with Crippen LogP contribution < -0.4 is 10.6 Å². The maximum atomic E-state index is 11.5. The highest BCUT2D eigenvalue weighted by Crippen LogP contribution is 2.15. The summed E-state index contributed by atoms with van der Waals surface area (Å²) >= 11 is 15.1. The minimum atomic E-state index is -0.857. The number of aliphatic carboxylic acids is 1. The highest BCUT2D eigenvalue weighted by atomic mass is 35.5. The first-order valence-corrected chi connectivity index (χ1v) is 14.9. The van der Waals surface area contributed by atoms with Crippen LogP contribution in [0, 0.1) is 0 Å². The number of carboxylic acids is 1. The molecule has 0 aliphatic carbocycles. The smallest absolute Gasteiger partial charge is 0.313 e. The first-order chi connectivity index (χ1) is 17.4. The minimum absolute atomic E-state index is 0. The SMILES string of the molecule is C.O=C(O)CSCCC(=O)NCCc1ccccc1Cl.OCCSCCCNCCc1ccccc1Cl. The summed E-state index contributed by atoms with van der Waals surface area (Å²) in [5.41, 5.74) is 2.21. The van der Waals surface area contributed by atoms with Crippen LogP contribution in [0.25, 0.3) is 0 Å². The number of benzene rings is 2. The second kappa shape index (κ2) is 23.7. The molecule has 0 saturated carbocycles. The number of halogens is 2. The standard InChI is InChI=1S/C13H16ClNO3S.C13H20ClNOS.CH4/c14-11-4-2-1-3-10(11)5-7-15-12(16)6-8-19-9-13(17)18;14-13-5-2-1-4-12(13)6-8-15-7-3-10-17-11-9-16;/h1-4H,5-9H2,(H,15,16)(H,17,18);1-2,4-5,15-16H,3,6-11H2;1H4. The van der Waals surface area contributed by atoms with E-state index in [2.05, 4.69) is 16.7 Å². The van der Waals surface area contributed by atoms with Crippen LogP contribution in [0.1, 0.15) is 31.4 Å². The van der Waals surface area contributed by atoms with Gasteiger partial charge in [-0.25, -0.2) is 0 Å². The summed E-state index contributed by atoms with van der Waals surface area (Å²) < 4.78 is 0. The van der Waals surface area contributed by atoms with Crippen LogP contribution in [0.3, 0.4) is 0 Å². The summed E-state index contributed by atoms with van der Waals surface area (Å²) in [7, 11) is 0. The summed E-state index contributed by atoms with van der Waals surface area (Å²) in [4.78, 5) is 21.7. The Morgan fingerprint density at radius 2 is 1.41 bits per heavy atom. The molecule has 0 aliphatic heterocycles. The molecule has 0 heterocycles. The van der Waals surface area contributed by atoms with Crippen LogP contribution in [-0.4, -0.2) is 71.3 Å². The van der Waals surface area contributed by atoms with Crippen molar-refractivity contribution < 1.29 is 19.8 Å². The third-order valence-electron chi connectivity index (χ3n) is 4.78. The van der Waals surface area contributed by atoms with Crippen LogP contribution in [-0.2, 0) is 22.4 Å². The molecular weight excluding hydrogens is 551 g/mol. The molecule has 0 spiro atoms. The number of hydrogen-bond donors (Lipinski definition) is 4. The van der Waals surface area contributed by atoms with E-state index in [-0.39, 0.29) is 25.7 Å². The zero-order chi connectivity index (χ0) is 26.4. The van der Waals surface area contributed by atoms with Crippen molar-refractivity contribution in [3.63, 3.8) is 0 Å². The number of thioether (sulfide) groups is 2. The summed E-state index contributed by atoms with van der Waals surface area (Å²) in [5, 5.41) is 24.8. The first kappa shape index (κ1) is 35.6. The monoisotopic (exact) mass is 590 g/mol. The molecule has 37 heavy (non-hydrogen) atoms. The van der Waals surface area contributed by atoms with Crippen molar-refractivity contribution in [3.05, 3.63) is 69.7 Å². The third kappa shape index (κ3) is 19.3. The second-order valence-corrected chi connectivity index (χ2v) is 10.8. The van der Waals surface area contributed by atoms with E-state index >= 15 is 0 Å². The number of rotatable bonds is 17. The number of nitrogens with one attached hydrogen (secondary N) is 2. The van der Waals surface area contributed by atoms with Gasteiger partial charge in [0.2, 0.25) is 5.91 Å². The summed E-state index contributed by atoms with van der Waals surface area (Å²) in [6.07, 6.45) is 3.14. The molecule has 4 N–H and O–H groups in total. The largest absolute Gasteiger partial charge is 0.481 e. The number of aliphatic hydroxyl groups excluding tert-OH is 1. The lowest BCUT2D eigenvalue weighted by Gasteiger charge is -2.06. The molecule has 2 aromatic rings. The molecule has 10 heteroatoms. The van der Waals surface area contributed by atoms with E-state index in [4.69, 9.17) is 33.4 Å². The van der Waals surface area contributed by atoms with E-state index in [0.29, 0.717) is 30.2 Å². The minimum Gasteiger partial charge on any atom is -0.481 e. The van der Waals surface area contributed by atoms with Crippen molar-refractivity contribution in [1.29, 1.82) is 0 Å². The summed E-state index contributed by atoms with van der Waals surface area (Å²) in [6, 6.07) is 15.5. The van der Waals surface area contributed by atoms with Crippen LogP contribution in [0.2, 0.25) is 10.0 Å². The van der Waals surface area contributed by atoms with Gasteiger partial charge in [-0.05, 0) is 61.4 Å². The van der Waals surface area contributed by atoms with Gasteiger partial charge in [-0.15, -0.1) is 11.8 Å². The molecule has 6 nitrogen and oxygen atoms in total. The topological polar surface area (TPSA) is 98.7 Å². The van der Waals surface area contributed by atoms with Gasteiger partial charge < -0.3 is 20.8 Å². The van der Waals surface area contributed by atoms with Gasteiger partial charge in [-0.2, -0.15) is 11.8 Å².